The molecule has 12 nitrogen and oxygen atoms in total. The molecule has 0 bridgehead atoms. The van der Waals surface area contributed by atoms with E-state index < -0.39 is 23.4 Å². The van der Waals surface area contributed by atoms with Crippen molar-refractivity contribution in [3.63, 3.8) is 0 Å². The molecule has 0 fully saturated rings. The highest BCUT2D eigenvalue weighted by molar-refractivity contribution is 6.05. The van der Waals surface area contributed by atoms with Crippen LogP contribution in [0.1, 0.15) is 34.5 Å². The Morgan fingerprint density at radius 2 is 2.09 bits per heavy atom. The number of benzene rings is 1. The van der Waals surface area contributed by atoms with Crippen LogP contribution in [-0.4, -0.2) is 49.6 Å². The van der Waals surface area contributed by atoms with Crippen molar-refractivity contribution >= 4 is 23.5 Å². The van der Waals surface area contributed by atoms with Gasteiger partial charge in [-0.2, -0.15) is 5.26 Å². The zero-order chi connectivity index (χ0) is 24.5. The van der Waals surface area contributed by atoms with Gasteiger partial charge in [0, 0.05) is 17.4 Å². The standard InChI is InChI=1S/C21H17FN8O4/c1-21(10-30-9-12(6-23)26-18(30)17(29-21)28-20(32)33)13-5-11(3-4-14(13)22)27-19(31)15-7-25-16(34-2)8-24-15/h3-5,7-9H,10H2,1-2H3,(H,27,31)(H,28,29)(H,32,33). The van der Waals surface area contributed by atoms with Gasteiger partial charge in [0.15, 0.2) is 17.4 Å². The summed E-state index contributed by atoms with van der Waals surface area (Å²) >= 11 is 0. The molecule has 1 atom stereocenters. The quantitative estimate of drug-likeness (QED) is 0.526. The van der Waals surface area contributed by atoms with Crippen LogP contribution in [0, 0.1) is 17.1 Å². The minimum atomic E-state index is -1.39. The lowest BCUT2D eigenvalue weighted by molar-refractivity contribution is 0.102. The van der Waals surface area contributed by atoms with Gasteiger partial charge < -0.3 is 19.7 Å². The molecule has 2 amide bonds. The average Bonchev–Trinajstić information content (AvgIpc) is 3.23. The molecule has 1 unspecified atom stereocenters. The minimum Gasteiger partial charge on any atom is -0.480 e. The number of halogens is 1. The van der Waals surface area contributed by atoms with Gasteiger partial charge in [0.2, 0.25) is 5.88 Å². The summed E-state index contributed by atoms with van der Waals surface area (Å²) in [6.07, 6.45) is 2.57. The molecule has 1 aromatic carbocycles. The van der Waals surface area contributed by atoms with Crippen molar-refractivity contribution in [1.29, 1.82) is 5.26 Å². The van der Waals surface area contributed by atoms with Gasteiger partial charge in [-0.25, -0.2) is 24.1 Å². The number of amides is 2. The summed E-state index contributed by atoms with van der Waals surface area (Å²) in [7, 11) is 1.42. The van der Waals surface area contributed by atoms with Crippen molar-refractivity contribution in [2.45, 2.75) is 19.0 Å². The summed E-state index contributed by atoms with van der Waals surface area (Å²) in [4.78, 5) is 40.2. The molecule has 0 saturated heterocycles. The number of amidine groups is 1. The van der Waals surface area contributed by atoms with Gasteiger partial charge in [0.1, 0.15) is 23.1 Å². The van der Waals surface area contributed by atoms with Crippen LogP contribution in [0.5, 0.6) is 5.88 Å². The van der Waals surface area contributed by atoms with Crippen LogP contribution in [-0.2, 0) is 12.1 Å². The third-order valence-corrected chi connectivity index (χ3v) is 5.04. The third-order valence-electron chi connectivity index (χ3n) is 5.04. The maximum atomic E-state index is 14.9. The van der Waals surface area contributed by atoms with E-state index in [1.54, 1.807) is 6.92 Å². The van der Waals surface area contributed by atoms with Crippen LogP contribution < -0.4 is 15.4 Å². The fraction of sp³-hybridized carbons (Fsp3) is 0.190. The van der Waals surface area contributed by atoms with Gasteiger partial charge >= 0.3 is 6.09 Å². The highest BCUT2D eigenvalue weighted by atomic mass is 19.1. The lowest BCUT2D eigenvalue weighted by Crippen LogP contribution is -2.41. The number of anilines is 1. The molecule has 4 rings (SSSR count). The van der Waals surface area contributed by atoms with Gasteiger partial charge in [-0.05, 0) is 25.1 Å². The predicted octanol–water partition coefficient (Wildman–Crippen LogP) is 1.89. The van der Waals surface area contributed by atoms with Crippen molar-refractivity contribution in [2.24, 2.45) is 4.99 Å². The molecule has 13 heteroatoms. The number of ether oxygens (including phenoxy) is 1. The molecule has 3 N–H and O–H groups in total. The Hall–Kier alpha value is -4.86. The fourth-order valence-corrected chi connectivity index (χ4v) is 3.52. The summed E-state index contributed by atoms with van der Waals surface area (Å²) < 4.78 is 21.4. The van der Waals surface area contributed by atoms with Crippen molar-refractivity contribution in [1.82, 2.24) is 24.8 Å². The summed E-state index contributed by atoms with van der Waals surface area (Å²) in [5, 5.41) is 23.2. The number of carboxylic acid groups (broad SMARTS) is 1. The number of aliphatic imine (C=N–C) groups is 1. The normalized spacial score (nSPS) is 16.6. The number of nitrogens with one attached hydrogen (secondary N) is 2. The van der Waals surface area contributed by atoms with E-state index >= 15 is 0 Å². The van der Waals surface area contributed by atoms with Crippen molar-refractivity contribution in [3.05, 3.63) is 65.4 Å². The zero-order valence-electron chi connectivity index (χ0n) is 17.9. The van der Waals surface area contributed by atoms with E-state index in [1.807, 2.05) is 6.07 Å². The molecular weight excluding hydrogens is 447 g/mol. The SMILES string of the molecule is COc1cnc(C(=O)Nc2ccc(F)c(C3(C)Cn4cc(C#N)nc4C(NC(=O)O)=N3)c2)cn1. The smallest absolute Gasteiger partial charge is 0.410 e. The number of fused-ring (bicyclic) bond motifs is 1. The highest BCUT2D eigenvalue weighted by Crippen LogP contribution is 2.35. The number of methoxy groups -OCH3 is 1. The number of hydrogen-bond donors (Lipinski definition) is 3. The minimum absolute atomic E-state index is 0.0219. The molecule has 1 aliphatic heterocycles. The van der Waals surface area contributed by atoms with Crippen LogP contribution in [0.4, 0.5) is 14.9 Å². The molecule has 1 aliphatic rings. The number of carbonyl (C=O) groups excluding carboxylic acids is 1. The highest BCUT2D eigenvalue weighted by Gasteiger charge is 2.37. The Bertz CT molecular complexity index is 1360. The average molecular weight is 464 g/mol. The molecular formula is C21H17FN8O4. The van der Waals surface area contributed by atoms with Crippen LogP contribution in [0.3, 0.4) is 0 Å². The van der Waals surface area contributed by atoms with Crippen LogP contribution >= 0.6 is 0 Å². The molecule has 172 valence electrons. The Kier molecular flexibility index (Phi) is 5.64. The van der Waals surface area contributed by atoms with Crippen LogP contribution in [0.15, 0.2) is 41.8 Å². The summed E-state index contributed by atoms with van der Waals surface area (Å²) in [6.45, 7) is 1.67. The summed E-state index contributed by atoms with van der Waals surface area (Å²) in [5.41, 5.74) is -0.857. The first-order chi connectivity index (χ1) is 16.2. The second kappa shape index (κ2) is 8.58. The molecule has 3 aromatic rings. The topological polar surface area (TPSA) is 167 Å². The van der Waals surface area contributed by atoms with E-state index in [2.05, 4.69) is 30.6 Å². The fourth-order valence-electron chi connectivity index (χ4n) is 3.52. The van der Waals surface area contributed by atoms with Crippen molar-refractivity contribution in [2.75, 3.05) is 12.4 Å². The first-order valence-electron chi connectivity index (χ1n) is 9.77. The number of aromatic nitrogens is 4. The zero-order valence-corrected chi connectivity index (χ0v) is 17.9. The lowest BCUT2D eigenvalue weighted by atomic mass is 9.90. The maximum absolute atomic E-state index is 14.9. The van der Waals surface area contributed by atoms with Crippen LogP contribution in [0.2, 0.25) is 0 Å². The first kappa shape index (κ1) is 22.3. The van der Waals surface area contributed by atoms with Gasteiger partial charge in [-0.1, -0.05) is 0 Å². The Labute approximate surface area is 191 Å². The molecule has 0 spiro atoms. The number of imidazole rings is 1. The molecule has 3 heterocycles. The lowest BCUT2D eigenvalue weighted by Gasteiger charge is -2.32. The number of carbonyl (C=O) groups is 2. The maximum Gasteiger partial charge on any atom is 0.410 e. The second-order valence-corrected chi connectivity index (χ2v) is 7.45. The Balaban J connectivity index is 1.69. The molecule has 0 aliphatic carbocycles. The summed E-state index contributed by atoms with van der Waals surface area (Å²) in [5.74, 6) is -0.946. The third kappa shape index (κ3) is 4.24. The second-order valence-electron chi connectivity index (χ2n) is 7.45. The van der Waals surface area contributed by atoms with E-state index in [9.17, 15) is 24.3 Å². The Morgan fingerprint density at radius 1 is 1.29 bits per heavy atom. The molecule has 0 radical (unpaired) electrons. The largest absolute Gasteiger partial charge is 0.480 e. The summed E-state index contributed by atoms with van der Waals surface area (Å²) in [6, 6.07) is 5.83. The number of hydrogen-bond acceptors (Lipinski definition) is 8. The van der Waals surface area contributed by atoms with Gasteiger partial charge in [0.05, 0.1) is 26.0 Å². The van der Waals surface area contributed by atoms with E-state index in [1.165, 1.54) is 48.5 Å². The van der Waals surface area contributed by atoms with Gasteiger partial charge in [-0.15, -0.1) is 0 Å². The molecule has 2 aromatic heterocycles. The predicted molar refractivity (Wildman–Crippen MR) is 115 cm³/mol. The molecule has 0 saturated carbocycles. The monoisotopic (exact) mass is 464 g/mol. The van der Waals surface area contributed by atoms with Crippen molar-refractivity contribution < 1.29 is 23.8 Å². The van der Waals surface area contributed by atoms with E-state index in [0.717, 1.165) is 0 Å². The van der Waals surface area contributed by atoms with E-state index in [-0.39, 0.29) is 46.7 Å². The molecule has 34 heavy (non-hydrogen) atoms. The Morgan fingerprint density at radius 3 is 2.74 bits per heavy atom. The van der Waals surface area contributed by atoms with Crippen molar-refractivity contribution in [3.8, 4) is 11.9 Å². The van der Waals surface area contributed by atoms with Crippen LogP contribution in [0.25, 0.3) is 0 Å². The number of nitriles is 1. The van der Waals surface area contributed by atoms with E-state index in [0.29, 0.717) is 0 Å². The number of rotatable bonds is 4. The number of nitrogens with zero attached hydrogens (tertiary/aromatic N) is 6. The first-order valence-corrected chi connectivity index (χ1v) is 9.77. The van der Waals surface area contributed by atoms with Gasteiger partial charge in [-0.3, -0.25) is 15.1 Å². The van der Waals surface area contributed by atoms with E-state index in [4.69, 9.17) is 4.74 Å². The van der Waals surface area contributed by atoms with Gasteiger partial charge in [0.25, 0.3) is 5.91 Å².